The number of nitrogens with zero attached hydrogens (tertiary/aromatic N) is 3. The Labute approximate surface area is 180 Å². The summed E-state index contributed by atoms with van der Waals surface area (Å²) in [6.45, 7) is 5.22. The fraction of sp³-hybridized carbons (Fsp3) is 0.227. The summed E-state index contributed by atoms with van der Waals surface area (Å²) in [5.41, 5.74) is 0.148. The number of halogens is 1. The highest BCUT2D eigenvalue weighted by molar-refractivity contribution is 6.33. The average molecular weight is 426 g/mol. The van der Waals surface area contributed by atoms with E-state index in [1.807, 2.05) is 25.1 Å². The van der Waals surface area contributed by atoms with Crippen molar-refractivity contribution in [3.63, 3.8) is 0 Å². The van der Waals surface area contributed by atoms with E-state index in [1.54, 1.807) is 62.5 Å². The summed E-state index contributed by atoms with van der Waals surface area (Å²) < 4.78 is 0. The molecule has 0 aliphatic rings. The Morgan fingerprint density at radius 1 is 1.10 bits per heavy atom. The molecule has 0 unspecified atom stereocenters. The van der Waals surface area contributed by atoms with Crippen LogP contribution in [0.2, 0.25) is 5.02 Å². The summed E-state index contributed by atoms with van der Waals surface area (Å²) in [5.74, 6) is 0.666. The molecule has 1 atom stereocenters. The SMILES string of the molecule is C[C@H](Nc1nccc(N(C(=O)Nc2ccccc2Cl)c2ccccc2)n1)C(C)(C)O. The Bertz CT molecular complexity index is 1010. The lowest BCUT2D eigenvalue weighted by molar-refractivity contribution is 0.0646. The Balaban J connectivity index is 1.95. The number of para-hydroxylation sites is 2. The van der Waals surface area contributed by atoms with Crippen LogP contribution in [0.1, 0.15) is 20.8 Å². The number of nitrogens with one attached hydrogen (secondary N) is 2. The van der Waals surface area contributed by atoms with Crippen molar-refractivity contribution in [3.8, 4) is 0 Å². The molecule has 2 amide bonds. The molecule has 0 saturated carbocycles. The third-order valence-corrected chi connectivity index (χ3v) is 4.94. The molecule has 0 aliphatic heterocycles. The van der Waals surface area contributed by atoms with Crippen LogP contribution >= 0.6 is 11.6 Å². The summed E-state index contributed by atoms with van der Waals surface area (Å²) in [5, 5.41) is 16.5. The second-order valence-electron chi connectivity index (χ2n) is 7.34. The first-order valence-corrected chi connectivity index (χ1v) is 9.86. The Kier molecular flexibility index (Phi) is 6.54. The number of hydrogen-bond donors (Lipinski definition) is 3. The van der Waals surface area contributed by atoms with Crippen LogP contribution in [0.3, 0.4) is 0 Å². The average Bonchev–Trinajstić information content (AvgIpc) is 2.70. The molecule has 8 heteroatoms. The maximum atomic E-state index is 13.2. The van der Waals surface area contributed by atoms with Gasteiger partial charge in [-0.05, 0) is 45.0 Å². The van der Waals surface area contributed by atoms with Crippen LogP contribution < -0.4 is 15.5 Å². The zero-order valence-electron chi connectivity index (χ0n) is 17.0. The van der Waals surface area contributed by atoms with Crippen molar-refractivity contribution in [2.75, 3.05) is 15.5 Å². The van der Waals surface area contributed by atoms with Gasteiger partial charge in [-0.15, -0.1) is 0 Å². The van der Waals surface area contributed by atoms with E-state index in [1.165, 1.54) is 4.90 Å². The quantitative estimate of drug-likeness (QED) is 0.512. The van der Waals surface area contributed by atoms with Crippen molar-refractivity contribution >= 4 is 40.8 Å². The normalized spacial score (nSPS) is 12.2. The summed E-state index contributed by atoms with van der Waals surface area (Å²) in [6.07, 6.45) is 1.56. The van der Waals surface area contributed by atoms with E-state index in [9.17, 15) is 9.90 Å². The van der Waals surface area contributed by atoms with E-state index < -0.39 is 11.6 Å². The monoisotopic (exact) mass is 425 g/mol. The summed E-state index contributed by atoms with van der Waals surface area (Å²) >= 11 is 6.20. The van der Waals surface area contributed by atoms with Gasteiger partial charge in [0.05, 0.1) is 28.0 Å². The van der Waals surface area contributed by atoms with Crippen LogP contribution in [0.25, 0.3) is 0 Å². The zero-order chi connectivity index (χ0) is 21.7. The number of urea groups is 1. The second-order valence-corrected chi connectivity index (χ2v) is 7.75. The van der Waals surface area contributed by atoms with Gasteiger partial charge in [0.25, 0.3) is 0 Å². The van der Waals surface area contributed by atoms with Crippen molar-refractivity contribution in [2.24, 2.45) is 0 Å². The number of aliphatic hydroxyl groups is 1. The third kappa shape index (κ3) is 5.25. The molecule has 3 rings (SSSR count). The van der Waals surface area contributed by atoms with Crippen LogP contribution in [0, 0.1) is 0 Å². The fourth-order valence-corrected chi connectivity index (χ4v) is 2.76. The van der Waals surface area contributed by atoms with Crippen LogP contribution in [-0.4, -0.2) is 32.7 Å². The Morgan fingerprint density at radius 3 is 2.43 bits per heavy atom. The van der Waals surface area contributed by atoms with Crippen LogP contribution in [0.15, 0.2) is 66.9 Å². The lowest BCUT2D eigenvalue weighted by Crippen LogP contribution is -2.40. The van der Waals surface area contributed by atoms with Gasteiger partial charge in [-0.25, -0.2) is 14.7 Å². The van der Waals surface area contributed by atoms with Crippen molar-refractivity contribution in [1.29, 1.82) is 0 Å². The standard InChI is InChI=1S/C22H24ClN5O2/c1-15(22(2,3)30)25-20-24-14-13-19(27-20)28(16-9-5-4-6-10-16)21(29)26-18-12-8-7-11-17(18)23/h4-15,30H,1-3H3,(H,26,29)(H,24,25,27)/t15-/m0/s1. The fourth-order valence-electron chi connectivity index (χ4n) is 2.58. The summed E-state index contributed by atoms with van der Waals surface area (Å²) in [7, 11) is 0. The number of amides is 2. The first-order chi connectivity index (χ1) is 14.3. The predicted octanol–water partition coefficient (Wildman–Crippen LogP) is 5.07. The molecular formula is C22H24ClN5O2. The minimum absolute atomic E-state index is 0.300. The summed E-state index contributed by atoms with van der Waals surface area (Å²) in [4.78, 5) is 23.3. The van der Waals surface area contributed by atoms with E-state index in [-0.39, 0.29) is 6.04 Å². The van der Waals surface area contributed by atoms with E-state index in [2.05, 4.69) is 20.6 Å². The van der Waals surface area contributed by atoms with Gasteiger partial charge in [-0.1, -0.05) is 41.9 Å². The van der Waals surface area contributed by atoms with Gasteiger partial charge in [-0.3, -0.25) is 0 Å². The van der Waals surface area contributed by atoms with Crippen LogP contribution in [0.5, 0.6) is 0 Å². The van der Waals surface area contributed by atoms with E-state index >= 15 is 0 Å². The molecule has 156 valence electrons. The maximum absolute atomic E-state index is 13.2. The topological polar surface area (TPSA) is 90.4 Å². The number of anilines is 4. The molecule has 30 heavy (non-hydrogen) atoms. The smallest absolute Gasteiger partial charge is 0.332 e. The molecule has 0 spiro atoms. The largest absolute Gasteiger partial charge is 0.388 e. The molecule has 0 fully saturated rings. The van der Waals surface area contributed by atoms with E-state index in [4.69, 9.17) is 11.6 Å². The molecule has 0 aliphatic carbocycles. The Morgan fingerprint density at radius 2 is 1.77 bits per heavy atom. The molecule has 2 aromatic carbocycles. The molecule has 3 N–H and O–H groups in total. The van der Waals surface area contributed by atoms with E-state index in [0.29, 0.717) is 28.2 Å². The van der Waals surface area contributed by atoms with Crippen molar-refractivity contribution in [3.05, 3.63) is 71.9 Å². The van der Waals surface area contributed by atoms with Gasteiger partial charge >= 0.3 is 6.03 Å². The highest BCUT2D eigenvalue weighted by Gasteiger charge is 2.24. The first-order valence-electron chi connectivity index (χ1n) is 9.48. The number of aromatic nitrogens is 2. The van der Waals surface area contributed by atoms with Gasteiger partial charge in [0.1, 0.15) is 5.82 Å². The number of carbonyl (C=O) groups is 1. The predicted molar refractivity (Wildman–Crippen MR) is 120 cm³/mol. The van der Waals surface area contributed by atoms with Crippen LogP contribution in [0.4, 0.5) is 27.9 Å². The number of benzene rings is 2. The molecular weight excluding hydrogens is 402 g/mol. The van der Waals surface area contributed by atoms with Gasteiger partial charge < -0.3 is 15.7 Å². The second kappa shape index (κ2) is 9.11. The Hall–Kier alpha value is -3.16. The van der Waals surface area contributed by atoms with Gasteiger partial charge in [0.15, 0.2) is 0 Å². The van der Waals surface area contributed by atoms with Gasteiger partial charge in [-0.2, -0.15) is 4.98 Å². The molecule has 7 nitrogen and oxygen atoms in total. The van der Waals surface area contributed by atoms with Gasteiger partial charge in [0, 0.05) is 12.3 Å². The van der Waals surface area contributed by atoms with Crippen LogP contribution in [-0.2, 0) is 0 Å². The third-order valence-electron chi connectivity index (χ3n) is 4.61. The number of hydrogen-bond acceptors (Lipinski definition) is 5. The molecule has 0 saturated heterocycles. The van der Waals surface area contributed by atoms with Crippen molar-refractivity contribution < 1.29 is 9.90 Å². The lowest BCUT2D eigenvalue weighted by Gasteiger charge is -2.27. The van der Waals surface area contributed by atoms with E-state index in [0.717, 1.165) is 0 Å². The maximum Gasteiger partial charge on any atom is 0.332 e. The number of carbonyl (C=O) groups excluding carboxylic acids is 1. The zero-order valence-corrected chi connectivity index (χ0v) is 17.8. The number of rotatable bonds is 6. The lowest BCUT2D eigenvalue weighted by atomic mass is 10.0. The molecule has 3 aromatic rings. The highest BCUT2D eigenvalue weighted by Crippen LogP contribution is 2.27. The first kappa shape index (κ1) is 21.5. The molecule has 0 bridgehead atoms. The summed E-state index contributed by atoms with van der Waals surface area (Å²) in [6, 6.07) is 17.1. The molecule has 1 aromatic heterocycles. The minimum Gasteiger partial charge on any atom is -0.388 e. The van der Waals surface area contributed by atoms with Gasteiger partial charge in [0.2, 0.25) is 5.95 Å². The molecule has 0 radical (unpaired) electrons. The van der Waals surface area contributed by atoms with Crippen molar-refractivity contribution in [1.82, 2.24) is 9.97 Å². The van der Waals surface area contributed by atoms with Crippen molar-refractivity contribution in [2.45, 2.75) is 32.4 Å². The highest BCUT2D eigenvalue weighted by atomic mass is 35.5. The minimum atomic E-state index is -0.972. The molecule has 1 heterocycles.